The highest BCUT2D eigenvalue weighted by atomic mass is 19.1. The van der Waals surface area contributed by atoms with Gasteiger partial charge >= 0.3 is 5.97 Å². The Bertz CT molecular complexity index is 604. The quantitative estimate of drug-likeness (QED) is 0.915. The first-order chi connectivity index (χ1) is 9.13. The van der Waals surface area contributed by atoms with Crippen LogP contribution in [0, 0.1) is 5.82 Å². The van der Waals surface area contributed by atoms with E-state index in [9.17, 15) is 9.18 Å². The second-order valence-corrected chi connectivity index (χ2v) is 3.76. The van der Waals surface area contributed by atoms with E-state index in [0.29, 0.717) is 18.1 Å². The summed E-state index contributed by atoms with van der Waals surface area (Å²) in [5, 5.41) is 8.89. The van der Waals surface area contributed by atoms with Gasteiger partial charge in [-0.1, -0.05) is 12.1 Å². The highest BCUT2D eigenvalue weighted by Crippen LogP contribution is 2.25. The van der Waals surface area contributed by atoms with Crippen LogP contribution < -0.4 is 4.90 Å². The predicted octanol–water partition coefficient (Wildman–Crippen LogP) is 2.47. The van der Waals surface area contributed by atoms with E-state index in [4.69, 9.17) is 5.11 Å². The molecule has 0 unspecified atom stereocenters. The molecule has 19 heavy (non-hydrogen) atoms. The van der Waals surface area contributed by atoms with E-state index in [1.54, 1.807) is 23.1 Å². The number of aromatic nitrogens is 2. The second kappa shape index (κ2) is 5.43. The molecule has 1 aromatic carbocycles. The standard InChI is InChI=1S/C13H12FN3O2/c1-2-17(11-6-4-3-5-9(11)14)12-8-15-7-10(16-12)13(18)19/h3-8H,2H2,1H3,(H,18,19). The lowest BCUT2D eigenvalue weighted by molar-refractivity contribution is 0.0690. The smallest absolute Gasteiger partial charge is 0.356 e. The Labute approximate surface area is 109 Å². The molecule has 0 bridgehead atoms. The van der Waals surface area contributed by atoms with Crippen molar-refractivity contribution in [3.63, 3.8) is 0 Å². The molecule has 98 valence electrons. The van der Waals surface area contributed by atoms with Crippen LogP contribution in [0.3, 0.4) is 0 Å². The Kier molecular flexibility index (Phi) is 3.70. The van der Waals surface area contributed by atoms with Gasteiger partial charge in [-0.2, -0.15) is 0 Å². The molecule has 0 spiro atoms. The molecule has 0 radical (unpaired) electrons. The van der Waals surface area contributed by atoms with E-state index in [1.165, 1.54) is 12.3 Å². The zero-order chi connectivity index (χ0) is 13.8. The molecule has 2 rings (SSSR count). The number of carbonyl (C=O) groups is 1. The molecule has 0 atom stereocenters. The Hall–Kier alpha value is -2.50. The molecule has 0 fully saturated rings. The van der Waals surface area contributed by atoms with Gasteiger partial charge in [-0.25, -0.2) is 14.2 Å². The van der Waals surface area contributed by atoms with Crippen molar-refractivity contribution < 1.29 is 14.3 Å². The van der Waals surface area contributed by atoms with Gasteiger partial charge in [0.25, 0.3) is 0 Å². The van der Waals surface area contributed by atoms with Crippen molar-refractivity contribution in [2.24, 2.45) is 0 Å². The van der Waals surface area contributed by atoms with Gasteiger partial charge in [-0.3, -0.25) is 4.98 Å². The van der Waals surface area contributed by atoms with Crippen LogP contribution in [0.2, 0.25) is 0 Å². The van der Waals surface area contributed by atoms with Gasteiger partial charge in [-0.15, -0.1) is 0 Å². The fourth-order valence-corrected chi connectivity index (χ4v) is 1.72. The van der Waals surface area contributed by atoms with Gasteiger partial charge in [0, 0.05) is 6.54 Å². The minimum absolute atomic E-state index is 0.174. The third-order valence-electron chi connectivity index (χ3n) is 2.58. The van der Waals surface area contributed by atoms with Crippen LogP contribution in [0.5, 0.6) is 0 Å². The zero-order valence-corrected chi connectivity index (χ0v) is 10.2. The number of carboxylic acid groups (broad SMARTS) is 1. The summed E-state index contributed by atoms with van der Waals surface area (Å²) < 4.78 is 13.8. The molecule has 6 heteroatoms. The number of rotatable bonds is 4. The number of carboxylic acids is 1. The fourth-order valence-electron chi connectivity index (χ4n) is 1.72. The van der Waals surface area contributed by atoms with Gasteiger partial charge in [0.05, 0.1) is 18.1 Å². The number of benzene rings is 1. The maximum atomic E-state index is 13.8. The summed E-state index contributed by atoms with van der Waals surface area (Å²) in [7, 11) is 0. The average Bonchev–Trinajstić information content (AvgIpc) is 2.42. The molecule has 5 nitrogen and oxygen atoms in total. The van der Waals surface area contributed by atoms with Crippen LogP contribution in [-0.4, -0.2) is 27.6 Å². The van der Waals surface area contributed by atoms with Crippen LogP contribution in [0.25, 0.3) is 0 Å². The number of hydrogen-bond acceptors (Lipinski definition) is 4. The maximum Gasteiger partial charge on any atom is 0.356 e. The van der Waals surface area contributed by atoms with E-state index < -0.39 is 11.8 Å². The highest BCUT2D eigenvalue weighted by molar-refractivity contribution is 5.85. The van der Waals surface area contributed by atoms with Crippen molar-refractivity contribution in [3.8, 4) is 0 Å². The van der Waals surface area contributed by atoms with Gasteiger partial charge < -0.3 is 10.0 Å². The normalized spacial score (nSPS) is 10.2. The number of para-hydroxylation sites is 1. The molecule has 0 saturated heterocycles. The van der Waals surface area contributed by atoms with E-state index in [0.717, 1.165) is 6.20 Å². The minimum atomic E-state index is -1.17. The Balaban J connectivity index is 2.45. The lowest BCUT2D eigenvalue weighted by Gasteiger charge is -2.22. The fraction of sp³-hybridized carbons (Fsp3) is 0.154. The Morgan fingerprint density at radius 3 is 2.74 bits per heavy atom. The van der Waals surface area contributed by atoms with Gasteiger partial charge in [0.2, 0.25) is 0 Å². The van der Waals surface area contributed by atoms with Gasteiger partial charge in [0.15, 0.2) is 11.5 Å². The van der Waals surface area contributed by atoms with Crippen LogP contribution in [0.1, 0.15) is 17.4 Å². The predicted molar refractivity (Wildman–Crippen MR) is 68.1 cm³/mol. The van der Waals surface area contributed by atoms with Crippen LogP contribution in [0.15, 0.2) is 36.7 Å². The zero-order valence-electron chi connectivity index (χ0n) is 10.2. The molecule has 0 aliphatic rings. The molecule has 2 aromatic rings. The second-order valence-electron chi connectivity index (χ2n) is 3.76. The first-order valence-corrected chi connectivity index (χ1v) is 5.71. The van der Waals surface area contributed by atoms with Crippen molar-refractivity contribution in [2.75, 3.05) is 11.4 Å². The molecule has 0 saturated carbocycles. The lowest BCUT2D eigenvalue weighted by Crippen LogP contribution is -2.20. The number of nitrogens with zero attached hydrogens (tertiary/aromatic N) is 3. The van der Waals surface area contributed by atoms with Crippen molar-refractivity contribution in [3.05, 3.63) is 48.2 Å². The monoisotopic (exact) mass is 261 g/mol. The van der Waals surface area contributed by atoms with E-state index in [1.807, 2.05) is 6.92 Å². The maximum absolute atomic E-state index is 13.8. The Morgan fingerprint density at radius 2 is 2.11 bits per heavy atom. The van der Waals surface area contributed by atoms with Crippen molar-refractivity contribution in [1.29, 1.82) is 0 Å². The van der Waals surface area contributed by atoms with Crippen molar-refractivity contribution in [1.82, 2.24) is 9.97 Å². The molecule has 1 N–H and O–H groups in total. The van der Waals surface area contributed by atoms with Gasteiger partial charge in [-0.05, 0) is 19.1 Å². The average molecular weight is 261 g/mol. The number of anilines is 2. The largest absolute Gasteiger partial charge is 0.476 e. The summed E-state index contributed by atoms with van der Waals surface area (Å²) in [5.74, 6) is -1.27. The minimum Gasteiger partial charge on any atom is -0.476 e. The molecule has 1 heterocycles. The van der Waals surface area contributed by atoms with Gasteiger partial charge in [0.1, 0.15) is 5.82 Å². The van der Waals surface area contributed by atoms with Crippen LogP contribution >= 0.6 is 0 Å². The molecule has 0 aliphatic carbocycles. The molecule has 1 aromatic heterocycles. The van der Waals surface area contributed by atoms with Crippen molar-refractivity contribution >= 4 is 17.5 Å². The molecule has 0 amide bonds. The SMILES string of the molecule is CCN(c1cncc(C(=O)O)n1)c1ccccc1F. The number of hydrogen-bond donors (Lipinski definition) is 1. The highest BCUT2D eigenvalue weighted by Gasteiger charge is 2.15. The number of aromatic carboxylic acids is 1. The van der Waals surface area contributed by atoms with Crippen LogP contribution in [0.4, 0.5) is 15.9 Å². The first-order valence-electron chi connectivity index (χ1n) is 5.71. The number of halogens is 1. The third kappa shape index (κ3) is 2.67. The summed E-state index contributed by atoms with van der Waals surface area (Å²) in [6.45, 7) is 2.26. The molecular weight excluding hydrogens is 249 g/mol. The summed E-state index contributed by atoms with van der Waals surface area (Å²) in [6, 6.07) is 6.24. The summed E-state index contributed by atoms with van der Waals surface area (Å²) in [4.78, 5) is 20.2. The lowest BCUT2D eigenvalue weighted by atomic mass is 10.2. The Morgan fingerprint density at radius 1 is 1.37 bits per heavy atom. The third-order valence-corrected chi connectivity index (χ3v) is 2.58. The summed E-state index contributed by atoms with van der Waals surface area (Å²) >= 11 is 0. The van der Waals surface area contributed by atoms with E-state index in [2.05, 4.69) is 9.97 Å². The molecular formula is C13H12FN3O2. The topological polar surface area (TPSA) is 66.3 Å². The van der Waals surface area contributed by atoms with Crippen molar-refractivity contribution in [2.45, 2.75) is 6.92 Å². The summed E-state index contributed by atoms with van der Waals surface area (Å²) in [5.41, 5.74) is 0.161. The molecule has 0 aliphatic heterocycles. The van der Waals surface area contributed by atoms with E-state index >= 15 is 0 Å². The van der Waals surface area contributed by atoms with Crippen LogP contribution in [-0.2, 0) is 0 Å². The first kappa shape index (κ1) is 12.9. The van der Waals surface area contributed by atoms with E-state index in [-0.39, 0.29) is 5.69 Å². The summed E-state index contributed by atoms with van der Waals surface area (Å²) in [6.07, 6.45) is 2.56.